The van der Waals surface area contributed by atoms with Crippen LogP contribution in [0, 0.1) is 6.92 Å². The molecule has 0 aliphatic rings. The van der Waals surface area contributed by atoms with Crippen molar-refractivity contribution in [2.45, 2.75) is 26.4 Å². The van der Waals surface area contributed by atoms with E-state index in [1.165, 1.54) is 0 Å². The molecule has 1 rings (SSSR count). The van der Waals surface area contributed by atoms with Gasteiger partial charge in [-0.3, -0.25) is 9.00 Å². The van der Waals surface area contributed by atoms with Gasteiger partial charge in [-0.15, -0.1) is 0 Å². The molecule has 0 spiro atoms. The number of hydrogen-bond donors (Lipinski definition) is 2. The topological polar surface area (TPSA) is 72.2 Å². The van der Waals surface area contributed by atoms with Crippen molar-refractivity contribution in [3.63, 3.8) is 0 Å². The molecule has 0 bridgehead atoms. The molecule has 1 aromatic rings. The van der Waals surface area contributed by atoms with E-state index in [-0.39, 0.29) is 6.04 Å². The van der Waals surface area contributed by atoms with E-state index in [4.69, 9.17) is 5.73 Å². The predicted octanol–water partition coefficient (Wildman–Crippen LogP) is 0.951. The van der Waals surface area contributed by atoms with Gasteiger partial charge in [-0.25, -0.2) is 0 Å². The third-order valence-electron chi connectivity index (χ3n) is 2.75. The molecule has 1 aromatic carbocycles. The zero-order chi connectivity index (χ0) is 13.7. The lowest BCUT2D eigenvalue weighted by atomic mass is 10.0. The molecule has 0 radical (unpaired) electrons. The lowest BCUT2D eigenvalue weighted by Crippen LogP contribution is -2.30. The minimum absolute atomic E-state index is 0.200. The van der Waals surface area contributed by atoms with Crippen molar-refractivity contribution in [2.24, 2.45) is 5.73 Å². The Morgan fingerprint density at radius 3 is 2.67 bits per heavy atom. The summed E-state index contributed by atoms with van der Waals surface area (Å²) >= 11 is 0. The molecule has 4 nitrogen and oxygen atoms in total. The van der Waals surface area contributed by atoms with Crippen LogP contribution in [0.25, 0.3) is 0 Å². The summed E-state index contributed by atoms with van der Waals surface area (Å²) in [5.41, 5.74) is 7.90. The monoisotopic (exact) mass is 268 g/mol. The Bertz CT molecular complexity index is 460. The molecule has 0 fully saturated rings. The Hall–Kier alpha value is -1.20. The van der Waals surface area contributed by atoms with Crippen molar-refractivity contribution in [1.82, 2.24) is 5.32 Å². The highest BCUT2D eigenvalue weighted by Gasteiger charge is 2.07. The van der Waals surface area contributed by atoms with Crippen molar-refractivity contribution >= 4 is 16.7 Å². The first-order chi connectivity index (χ1) is 8.40. The van der Waals surface area contributed by atoms with Gasteiger partial charge >= 0.3 is 0 Å². The van der Waals surface area contributed by atoms with E-state index in [1.807, 2.05) is 19.9 Å². The normalized spacial score (nSPS) is 14.2. The Kier molecular flexibility index (Phi) is 5.50. The van der Waals surface area contributed by atoms with Crippen molar-refractivity contribution in [2.75, 3.05) is 12.0 Å². The summed E-state index contributed by atoms with van der Waals surface area (Å²) in [5.74, 6) is 0.227. The summed E-state index contributed by atoms with van der Waals surface area (Å²) < 4.78 is 11.1. The molecule has 5 heteroatoms. The van der Waals surface area contributed by atoms with Crippen LogP contribution in [0.3, 0.4) is 0 Å². The quantitative estimate of drug-likeness (QED) is 0.807. The number of carbonyl (C=O) groups excluding carboxylic acids is 1. The summed E-state index contributed by atoms with van der Waals surface area (Å²) in [4.78, 5) is 11.0. The largest absolute Gasteiger partial charge is 0.366 e. The molecular formula is C13H20N2O2S. The number of hydrogen-bond acceptors (Lipinski definition) is 3. The van der Waals surface area contributed by atoms with Crippen molar-refractivity contribution < 1.29 is 9.00 Å². The third kappa shape index (κ3) is 4.58. The van der Waals surface area contributed by atoms with Crippen LogP contribution in [0.2, 0.25) is 0 Å². The molecule has 0 saturated carbocycles. The van der Waals surface area contributed by atoms with Crippen LogP contribution in [0.5, 0.6) is 0 Å². The van der Waals surface area contributed by atoms with Crippen LogP contribution >= 0.6 is 0 Å². The van der Waals surface area contributed by atoms with Crippen LogP contribution in [0.4, 0.5) is 0 Å². The second-order valence-corrected chi connectivity index (χ2v) is 6.01. The molecule has 0 saturated heterocycles. The fraction of sp³-hybridized carbons (Fsp3) is 0.462. The van der Waals surface area contributed by atoms with Crippen molar-refractivity contribution in [1.29, 1.82) is 0 Å². The first kappa shape index (κ1) is 14.9. The van der Waals surface area contributed by atoms with E-state index in [9.17, 15) is 9.00 Å². The van der Waals surface area contributed by atoms with Crippen molar-refractivity contribution in [3.05, 3.63) is 34.9 Å². The van der Waals surface area contributed by atoms with Crippen LogP contribution in [-0.4, -0.2) is 28.2 Å². The van der Waals surface area contributed by atoms with Gasteiger partial charge in [-0.2, -0.15) is 0 Å². The van der Waals surface area contributed by atoms with Crippen LogP contribution < -0.4 is 11.1 Å². The standard InChI is InChI=1S/C13H20N2O2S/c1-9-6-11(13(14)16)4-5-12(9)7-15-10(2)8-18(3)17/h4-6,10,15H,7-8H2,1-3H3,(H2,14,16). The zero-order valence-electron chi connectivity index (χ0n) is 11.0. The summed E-state index contributed by atoms with van der Waals surface area (Å²) in [6, 6.07) is 5.63. The molecule has 0 aliphatic carbocycles. The predicted molar refractivity (Wildman–Crippen MR) is 74.9 cm³/mol. The Morgan fingerprint density at radius 2 is 2.17 bits per heavy atom. The maximum absolute atomic E-state index is 11.1. The Balaban J connectivity index is 2.63. The molecule has 100 valence electrons. The van der Waals surface area contributed by atoms with Crippen LogP contribution in [0.1, 0.15) is 28.4 Å². The number of aryl methyl sites for hydroxylation is 1. The van der Waals surface area contributed by atoms with Gasteiger partial charge in [-0.05, 0) is 37.1 Å². The second kappa shape index (κ2) is 6.66. The van der Waals surface area contributed by atoms with Gasteiger partial charge in [0, 0.05) is 41.0 Å². The number of carbonyl (C=O) groups is 1. The van der Waals surface area contributed by atoms with E-state index in [2.05, 4.69) is 5.32 Å². The van der Waals surface area contributed by atoms with Crippen LogP contribution in [-0.2, 0) is 17.3 Å². The minimum Gasteiger partial charge on any atom is -0.366 e. The van der Waals surface area contributed by atoms with E-state index in [0.29, 0.717) is 17.9 Å². The maximum atomic E-state index is 11.1. The number of rotatable bonds is 6. The SMILES string of the molecule is Cc1cc(C(N)=O)ccc1CNC(C)CS(C)=O. The van der Waals surface area contributed by atoms with Crippen molar-refractivity contribution in [3.8, 4) is 0 Å². The highest BCUT2D eigenvalue weighted by Crippen LogP contribution is 2.11. The Morgan fingerprint density at radius 1 is 1.50 bits per heavy atom. The van der Waals surface area contributed by atoms with Gasteiger partial charge in [0.05, 0.1) is 0 Å². The lowest BCUT2D eigenvalue weighted by Gasteiger charge is -2.14. The highest BCUT2D eigenvalue weighted by atomic mass is 32.2. The highest BCUT2D eigenvalue weighted by molar-refractivity contribution is 7.84. The number of nitrogens with two attached hydrogens (primary N) is 1. The molecule has 2 unspecified atom stereocenters. The fourth-order valence-electron chi connectivity index (χ4n) is 1.74. The van der Waals surface area contributed by atoms with Gasteiger partial charge in [0.25, 0.3) is 0 Å². The second-order valence-electron chi connectivity index (χ2n) is 4.53. The van der Waals surface area contributed by atoms with E-state index >= 15 is 0 Å². The average molecular weight is 268 g/mol. The molecule has 18 heavy (non-hydrogen) atoms. The number of primary amides is 1. The van der Waals surface area contributed by atoms with Crippen LogP contribution in [0.15, 0.2) is 18.2 Å². The molecular weight excluding hydrogens is 248 g/mol. The minimum atomic E-state index is -0.792. The summed E-state index contributed by atoms with van der Waals surface area (Å²) in [7, 11) is -0.792. The lowest BCUT2D eigenvalue weighted by molar-refractivity contribution is 0.1000. The first-order valence-electron chi connectivity index (χ1n) is 5.83. The molecule has 2 atom stereocenters. The summed E-state index contributed by atoms with van der Waals surface area (Å²) in [5, 5.41) is 3.31. The van der Waals surface area contributed by atoms with E-state index in [0.717, 1.165) is 11.1 Å². The van der Waals surface area contributed by atoms with Gasteiger partial charge in [0.1, 0.15) is 0 Å². The third-order valence-corrected chi connectivity index (χ3v) is 3.72. The number of nitrogens with one attached hydrogen (secondary N) is 1. The average Bonchev–Trinajstić information content (AvgIpc) is 2.26. The van der Waals surface area contributed by atoms with Gasteiger partial charge in [0.15, 0.2) is 0 Å². The summed E-state index contributed by atoms with van der Waals surface area (Å²) in [6.45, 7) is 4.66. The fourth-order valence-corrected chi connectivity index (χ4v) is 2.56. The van der Waals surface area contributed by atoms with E-state index < -0.39 is 16.7 Å². The van der Waals surface area contributed by atoms with E-state index in [1.54, 1.807) is 18.4 Å². The molecule has 1 amide bonds. The maximum Gasteiger partial charge on any atom is 0.248 e. The smallest absolute Gasteiger partial charge is 0.248 e. The Labute approximate surface area is 110 Å². The first-order valence-corrected chi connectivity index (χ1v) is 7.55. The number of amides is 1. The zero-order valence-corrected chi connectivity index (χ0v) is 11.8. The van der Waals surface area contributed by atoms with Gasteiger partial charge in [0.2, 0.25) is 5.91 Å². The molecule has 3 N–H and O–H groups in total. The molecule has 0 aliphatic heterocycles. The molecule has 0 aromatic heterocycles. The molecule has 0 heterocycles. The summed E-state index contributed by atoms with van der Waals surface area (Å²) in [6.07, 6.45) is 1.70. The van der Waals surface area contributed by atoms with Gasteiger partial charge < -0.3 is 11.1 Å². The van der Waals surface area contributed by atoms with Gasteiger partial charge in [-0.1, -0.05) is 6.07 Å². The number of benzene rings is 1.